The Morgan fingerprint density at radius 3 is 1.43 bits per heavy atom. The summed E-state index contributed by atoms with van der Waals surface area (Å²) in [5.74, 6) is 1.53. The van der Waals surface area contributed by atoms with Gasteiger partial charge in [0.2, 0.25) is 0 Å². The zero-order chi connectivity index (χ0) is 35.2. The lowest BCUT2D eigenvalue weighted by atomic mass is 10.2. The fraction of sp³-hybridized carbons (Fsp3) is 0.179. The highest BCUT2D eigenvalue weighted by Gasteiger charge is 1.97. The third kappa shape index (κ3) is 20.6. The van der Waals surface area contributed by atoms with Crippen molar-refractivity contribution < 1.29 is 13.5 Å². The SMILES string of the molecule is COc1ccc(C)cc1Cl.Cc1ccc(Cl)c(Cl)c1.Cc1ccc(Cl)cc1.Cc1ccc(F)cc1.Cc1ccco1.Cc1cccs1. The molecule has 0 amide bonds. The molecule has 0 fully saturated rings. The highest BCUT2D eigenvalue weighted by molar-refractivity contribution is 7.09. The summed E-state index contributed by atoms with van der Waals surface area (Å²) in [6, 6.07) is 33.3. The Morgan fingerprint density at radius 1 is 0.574 bits per heavy atom. The molecular formula is C39H41Cl4FO2S. The Labute approximate surface area is 303 Å². The first-order chi connectivity index (χ1) is 22.3. The zero-order valence-corrected chi connectivity index (χ0v) is 31.5. The largest absolute Gasteiger partial charge is 0.495 e. The molecule has 0 spiro atoms. The normalized spacial score (nSPS) is 9.28. The number of benzene rings is 4. The lowest BCUT2D eigenvalue weighted by molar-refractivity contribution is 0.415. The van der Waals surface area contributed by atoms with Gasteiger partial charge in [-0.15, -0.1) is 11.3 Å². The Morgan fingerprint density at radius 2 is 1.11 bits per heavy atom. The van der Waals surface area contributed by atoms with Crippen molar-refractivity contribution in [3.05, 3.63) is 180 Å². The molecule has 8 heteroatoms. The molecule has 0 saturated heterocycles. The van der Waals surface area contributed by atoms with Crippen LogP contribution < -0.4 is 4.74 Å². The van der Waals surface area contributed by atoms with E-state index in [4.69, 9.17) is 55.6 Å². The van der Waals surface area contributed by atoms with Crippen molar-refractivity contribution in [2.24, 2.45) is 0 Å². The first-order valence-electron chi connectivity index (χ1n) is 14.5. The summed E-state index contributed by atoms with van der Waals surface area (Å²) in [4.78, 5) is 1.38. The quantitative estimate of drug-likeness (QED) is 0.168. The molecule has 250 valence electrons. The summed E-state index contributed by atoms with van der Waals surface area (Å²) in [5.41, 5.74) is 4.61. The molecule has 0 radical (unpaired) electrons. The van der Waals surface area contributed by atoms with Gasteiger partial charge in [-0.2, -0.15) is 0 Å². The number of hydrogen-bond acceptors (Lipinski definition) is 3. The molecule has 0 bridgehead atoms. The number of methoxy groups -OCH3 is 1. The molecule has 6 rings (SSSR count). The van der Waals surface area contributed by atoms with Gasteiger partial charge >= 0.3 is 0 Å². The average molecular weight is 735 g/mol. The van der Waals surface area contributed by atoms with Gasteiger partial charge in [0, 0.05) is 9.90 Å². The minimum absolute atomic E-state index is 0.171. The number of ether oxygens (including phenoxy) is 1. The van der Waals surface area contributed by atoms with Gasteiger partial charge in [-0.25, -0.2) is 4.39 Å². The Kier molecular flexibility index (Phi) is 21.3. The standard InChI is InChI=1S/C8H9ClO.C7H6Cl2.C7H7Cl.C7H7F.C5H6O.C5H6S/c1-6-3-4-8(10-2)7(9)5-6;1-5-2-3-6(8)7(9)4-5;2*1-6-2-4-7(8)5-3-6;2*1-5-3-2-4-6-5/h3-5H,1-2H3;2-4H,1H3;2*2-5H,1H3;2*2-4H,1H3. The van der Waals surface area contributed by atoms with Crippen molar-refractivity contribution in [3.63, 3.8) is 0 Å². The summed E-state index contributed by atoms with van der Waals surface area (Å²) in [6.45, 7) is 12.0. The molecule has 4 aromatic carbocycles. The highest BCUT2D eigenvalue weighted by Crippen LogP contribution is 2.24. The number of rotatable bonds is 1. The van der Waals surface area contributed by atoms with Gasteiger partial charge in [0.1, 0.15) is 17.3 Å². The first-order valence-corrected chi connectivity index (χ1v) is 16.9. The van der Waals surface area contributed by atoms with E-state index in [2.05, 4.69) is 24.4 Å². The fourth-order valence-corrected chi connectivity index (χ4v) is 4.48. The lowest BCUT2D eigenvalue weighted by Crippen LogP contribution is -1.83. The van der Waals surface area contributed by atoms with E-state index in [0.29, 0.717) is 15.1 Å². The number of hydrogen-bond donors (Lipinski definition) is 0. The van der Waals surface area contributed by atoms with Gasteiger partial charge in [-0.3, -0.25) is 0 Å². The lowest BCUT2D eigenvalue weighted by Gasteiger charge is -2.01. The van der Waals surface area contributed by atoms with E-state index in [-0.39, 0.29) is 5.82 Å². The van der Waals surface area contributed by atoms with Gasteiger partial charge in [0.25, 0.3) is 0 Å². The molecular weight excluding hydrogens is 693 g/mol. The smallest absolute Gasteiger partial charge is 0.137 e. The molecule has 2 nitrogen and oxygen atoms in total. The summed E-state index contributed by atoms with van der Waals surface area (Å²) in [7, 11) is 1.61. The van der Waals surface area contributed by atoms with Gasteiger partial charge < -0.3 is 9.15 Å². The predicted molar refractivity (Wildman–Crippen MR) is 204 cm³/mol. The summed E-state index contributed by atoms with van der Waals surface area (Å²) < 4.78 is 21.9. The first kappa shape index (κ1) is 41.8. The van der Waals surface area contributed by atoms with Crippen LogP contribution in [-0.4, -0.2) is 7.11 Å². The highest BCUT2D eigenvalue weighted by atomic mass is 35.5. The number of thiophene rings is 1. The van der Waals surface area contributed by atoms with Crippen molar-refractivity contribution in [1.29, 1.82) is 0 Å². The second-order valence-corrected chi connectivity index (χ2v) is 12.9. The molecule has 0 aliphatic rings. The maximum Gasteiger partial charge on any atom is 0.137 e. The van der Waals surface area contributed by atoms with E-state index in [0.717, 1.165) is 33.2 Å². The molecule has 0 unspecified atom stereocenters. The van der Waals surface area contributed by atoms with Crippen LogP contribution in [0.15, 0.2) is 125 Å². The van der Waals surface area contributed by atoms with E-state index in [1.165, 1.54) is 22.6 Å². The second-order valence-electron chi connectivity index (χ2n) is 10.1. The third-order valence-corrected chi connectivity index (χ3v) is 7.82. The Hall–Kier alpha value is -3.25. The van der Waals surface area contributed by atoms with Crippen LogP contribution in [0.1, 0.15) is 32.9 Å². The molecule has 0 atom stereocenters. The predicted octanol–water partition coefficient (Wildman–Crippen LogP) is 14.4. The van der Waals surface area contributed by atoms with Crippen LogP contribution in [0.4, 0.5) is 4.39 Å². The molecule has 2 heterocycles. The van der Waals surface area contributed by atoms with Crippen LogP contribution in [0.25, 0.3) is 0 Å². The van der Waals surface area contributed by atoms with Crippen LogP contribution in [0.3, 0.4) is 0 Å². The van der Waals surface area contributed by atoms with E-state index in [1.54, 1.807) is 42.9 Å². The van der Waals surface area contributed by atoms with Crippen LogP contribution in [-0.2, 0) is 0 Å². The van der Waals surface area contributed by atoms with E-state index < -0.39 is 0 Å². The summed E-state index contributed by atoms with van der Waals surface area (Å²) in [6.07, 6.45) is 1.66. The van der Waals surface area contributed by atoms with Crippen LogP contribution >= 0.6 is 57.7 Å². The molecule has 0 N–H and O–H groups in total. The van der Waals surface area contributed by atoms with Crippen molar-refractivity contribution in [2.45, 2.75) is 41.5 Å². The number of furan rings is 1. The van der Waals surface area contributed by atoms with Crippen LogP contribution in [0.2, 0.25) is 20.1 Å². The van der Waals surface area contributed by atoms with Gasteiger partial charge in [-0.05, 0) is 125 Å². The van der Waals surface area contributed by atoms with Crippen molar-refractivity contribution in [1.82, 2.24) is 0 Å². The maximum absolute atomic E-state index is 12.1. The third-order valence-electron chi connectivity index (χ3n) is 5.73. The Bertz CT molecular complexity index is 1540. The topological polar surface area (TPSA) is 22.4 Å². The summed E-state index contributed by atoms with van der Waals surface area (Å²) in [5, 5.41) is 4.78. The van der Waals surface area contributed by atoms with Gasteiger partial charge in [-0.1, -0.05) is 100.0 Å². The molecule has 47 heavy (non-hydrogen) atoms. The molecule has 0 saturated carbocycles. The number of halogens is 5. The molecule has 6 aromatic rings. The van der Waals surface area contributed by atoms with Crippen molar-refractivity contribution in [2.75, 3.05) is 7.11 Å². The molecule has 2 aromatic heterocycles. The van der Waals surface area contributed by atoms with Gasteiger partial charge in [0.05, 0.1) is 28.4 Å². The Balaban J connectivity index is 0.000000284. The minimum atomic E-state index is -0.171. The van der Waals surface area contributed by atoms with E-state index in [9.17, 15) is 4.39 Å². The monoisotopic (exact) mass is 732 g/mol. The minimum Gasteiger partial charge on any atom is -0.495 e. The zero-order valence-electron chi connectivity index (χ0n) is 27.7. The fourth-order valence-electron chi connectivity index (χ4n) is 3.16. The molecule has 0 aliphatic carbocycles. The summed E-state index contributed by atoms with van der Waals surface area (Å²) >= 11 is 24.5. The van der Waals surface area contributed by atoms with Gasteiger partial charge in [0.15, 0.2) is 0 Å². The van der Waals surface area contributed by atoms with Crippen molar-refractivity contribution in [3.8, 4) is 5.75 Å². The molecule has 0 aliphatic heterocycles. The number of aryl methyl sites for hydroxylation is 6. The van der Waals surface area contributed by atoms with Crippen LogP contribution in [0.5, 0.6) is 5.75 Å². The van der Waals surface area contributed by atoms with Crippen LogP contribution in [0, 0.1) is 47.4 Å². The average Bonchev–Trinajstić information content (AvgIpc) is 3.73. The van der Waals surface area contributed by atoms with E-state index in [1.807, 2.05) is 101 Å². The maximum atomic E-state index is 12.1. The second kappa shape index (κ2) is 24.0. The van der Waals surface area contributed by atoms with Crippen molar-refractivity contribution >= 4 is 57.7 Å². The van der Waals surface area contributed by atoms with E-state index >= 15 is 0 Å².